The van der Waals surface area contributed by atoms with Crippen LogP contribution in [0.25, 0.3) is 33.3 Å². The summed E-state index contributed by atoms with van der Waals surface area (Å²) in [6.45, 7) is 0.196. The molecule has 5 rings (SSSR count). The Labute approximate surface area is 143 Å². The smallest absolute Gasteiger partial charge is 0.259 e. The Hall–Kier alpha value is -2.80. The fraction of sp³-hybridized carbons (Fsp3) is 0.0588. The molecule has 7 heteroatoms. The number of hydrogen-bond acceptors (Lipinski definition) is 4. The number of aromatic nitrogens is 3. The summed E-state index contributed by atoms with van der Waals surface area (Å²) in [6.07, 6.45) is 0. The Morgan fingerprint density at radius 1 is 1.00 bits per heavy atom. The van der Waals surface area contributed by atoms with E-state index in [2.05, 4.69) is 30.9 Å². The molecule has 2 aromatic heterocycles. The number of aromatic amines is 2. The van der Waals surface area contributed by atoms with Crippen molar-refractivity contribution in [2.45, 2.75) is 0 Å². The maximum atomic E-state index is 12.5. The maximum absolute atomic E-state index is 12.5. The SMILES string of the molecule is O=c1[nH]c2cc3c(cc2cc1-c1nc2ccc(Br)cc2[nH]1)OCO3. The minimum absolute atomic E-state index is 0.196. The van der Waals surface area contributed by atoms with Crippen molar-refractivity contribution >= 4 is 37.9 Å². The first-order chi connectivity index (χ1) is 11.7. The van der Waals surface area contributed by atoms with Crippen LogP contribution in [0.5, 0.6) is 11.5 Å². The number of rotatable bonds is 1. The third kappa shape index (κ3) is 2.01. The Morgan fingerprint density at radius 2 is 1.83 bits per heavy atom. The second kappa shape index (κ2) is 4.85. The zero-order valence-corrected chi connectivity index (χ0v) is 13.8. The van der Waals surface area contributed by atoms with Gasteiger partial charge in [0.1, 0.15) is 5.82 Å². The summed E-state index contributed by atoms with van der Waals surface area (Å²) in [6, 6.07) is 11.2. The van der Waals surface area contributed by atoms with Gasteiger partial charge in [-0.1, -0.05) is 15.9 Å². The maximum Gasteiger partial charge on any atom is 0.259 e. The van der Waals surface area contributed by atoms with Gasteiger partial charge in [0.15, 0.2) is 11.5 Å². The molecule has 0 radical (unpaired) electrons. The number of pyridine rings is 1. The molecule has 118 valence electrons. The summed E-state index contributed by atoms with van der Waals surface area (Å²) in [5.74, 6) is 1.84. The number of imidazole rings is 1. The Bertz CT molecular complexity index is 1180. The summed E-state index contributed by atoms with van der Waals surface area (Å²) in [5.41, 5.74) is 2.64. The van der Waals surface area contributed by atoms with E-state index in [0.29, 0.717) is 28.4 Å². The fourth-order valence-electron chi connectivity index (χ4n) is 2.88. The fourth-order valence-corrected chi connectivity index (χ4v) is 3.24. The number of benzene rings is 2. The molecule has 0 aliphatic carbocycles. The van der Waals surface area contributed by atoms with Crippen LogP contribution in [0.15, 0.2) is 45.7 Å². The predicted molar refractivity (Wildman–Crippen MR) is 93.5 cm³/mol. The van der Waals surface area contributed by atoms with Crippen LogP contribution in [0.3, 0.4) is 0 Å². The van der Waals surface area contributed by atoms with E-state index in [9.17, 15) is 4.79 Å². The van der Waals surface area contributed by atoms with E-state index in [1.807, 2.05) is 30.3 Å². The average Bonchev–Trinajstić information content (AvgIpc) is 3.17. The van der Waals surface area contributed by atoms with Gasteiger partial charge >= 0.3 is 0 Å². The van der Waals surface area contributed by atoms with Crippen molar-refractivity contribution in [3.8, 4) is 22.9 Å². The van der Waals surface area contributed by atoms with E-state index in [1.165, 1.54) is 0 Å². The van der Waals surface area contributed by atoms with Crippen molar-refractivity contribution in [2.75, 3.05) is 6.79 Å². The summed E-state index contributed by atoms with van der Waals surface area (Å²) in [5, 5.41) is 0.857. The molecule has 1 aliphatic heterocycles. The van der Waals surface area contributed by atoms with Gasteiger partial charge in [0, 0.05) is 15.9 Å². The molecule has 2 N–H and O–H groups in total. The van der Waals surface area contributed by atoms with Crippen molar-refractivity contribution in [2.24, 2.45) is 0 Å². The molecule has 3 heterocycles. The third-order valence-corrected chi connectivity index (χ3v) is 4.53. The number of ether oxygens (including phenoxy) is 2. The van der Waals surface area contributed by atoms with Crippen LogP contribution < -0.4 is 15.0 Å². The highest BCUT2D eigenvalue weighted by Crippen LogP contribution is 2.35. The Morgan fingerprint density at radius 3 is 2.71 bits per heavy atom. The molecule has 0 saturated heterocycles. The molecule has 24 heavy (non-hydrogen) atoms. The topological polar surface area (TPSA) is 80.0 Å². The van der Waals surface area contributed by atoms with Crippen LogP contribution in [-0.2, 0) is 0 Å². The molecule has 0 saturated carbocycles. The van der Waals surface area contributed by atoms with Crippen molar-refractivity contribution in [1.29, 1.82) is 0 Å². The van der Waals surface area contributed by atoms with Crippen molar-refractivity contribution < 1.29 is 9.47 Å². The molecular weight excluding hydrogens is 374 g/mol. The zero-order chi connectivity index (χ0) is 16.3. The van der Waals surface area contributed by atoms with Gasteiger partial charge in [0.25, 0.3) is 5.56 Å². The van der Waals surface area contributed by atoms with Crippen LogP contribution in [0.4, 0.5) is 0 Å². The molecule has 1 aliphatic rings. The molecule has 0 amide bonds. The number of H-pyrrole nitrogens is 2. The van der Waals surface area contributed by atoms with Crippen LogP contribution in [0.2, 0.25) is 0 Å². The second-order valence-corrected chi connectivity index (χ2v) is 6.47. The second-order valence-electron chi connectivity index (χ2n) is 5.55. The van der Waals surface area contributed by atoms with Crippen LogP contribution in [0, 0.1) is 0 Å². The van der Waals surface area contributed by atoms with Gasteiger partial charge in [-0.15, -0.1) is 0 Å². The minimum atomic E-state index is -0.209. The monoisotopic (exact) mass is 383 g/mol. The quantitative estimate of drug-likeness (QED) is 0.526. The zero-order valence-electron chi connectivity index (χ0n) is 12.2. The first-order valence-corrected chi connectivity index (χ1v) is 8.09. The predicted octanol–water partition coefficient (Wildman–Crippen LogP) is 3.56. The van der Waals surface area contributed by atoms with Crippen molar-refractivity contribution in [3.63, 3.8) is 0 Å². The molecule has 0 atom stereocenters. The van der Waals surface area contributed by atoms with Gasteiger partial charge in [0.2, 0.25) is 6.79 Å². The lowest BCUT2D eigenvalue weighted by molar-refractivity contribution is 0.174. The Balaban J connectivity index is 1.74. The Kier molecular flexibility index (Phi) is 2.75. The summed E-state index contributed by atoms with van der Waals surface area (Å²) < 4.78 is 11.7. The number of nitrogens with zero attached hydrogens (tertiary/aromatic N) is 1. The van der Waals surface area contributed by atoms with E-state index in [1.54, 1.807) is 6.07 Å². The molecule has 0 spiro atoms. The van der Waals surface area contributed by atoms with Gasteiger partial charge < -0.3 is 19.4 Å². The van der Waals surface area contributed by atoms with Gasteiger partial charge in [-0.25, -0.2) is 4.98 Å². The van der Waals surface area contributed by atoms with Gasteiger partial charge in [0.05, 0.1) is 22.1 Å². The lowest BCUT2D eigenvalue weighted by atomic mass is 10.1. The van der Waals surface area contributed by atoms with Crippen molar-refractivity contribution in [3.05, 3.63) is 51.2 Å². The van der Waals surface area contributed by atoms with E-state index in [0.717, 1.165) is 20.9 Å². The normalized spacial score (nSPS) is 13.0. The summed E-state index contributed by atoms with van der Waals surface area (Å²) in [4.78, 5) is 23.1. The average molecular weight is 384 g/mol. The highest BCUT2D eigenvalue weighted by atomic mass is 79.9. The summed E-state index contributed by atoms with van der Waals surface area (Å²) >= 11 is 3.43. The molecule has 6 nitrogen and oxygen atoms in total. The third-order valence-electron chi connectivity index (χ3n) is 4.04. The molecule has 0 unspecified atom stereocenters. The first-order valence-electron chi connectivity index (χ1n) is 7.30. The van der Waals surface area contributed by atoms with Gasteiger partial charge in [-0.3, -0.25) is 4.79 Å². The van der Waals surface area contributed by atoms with Crippen LogP contribution >= 0.6 is 15.9 Å². The largest absolute Gasteiger partial charge is 0.454 e. The molecule has 2 aromatic carbocycles. The lowest BCUT2D eigenvalue weighted by Crippen LogP contribution is -2.09. The lowest BCUT2D eigenvalue weighted by Gasteiger charge is -2.03. The van der Waals surface area contributed by atoms with E-state index in [4.69, 9.17) is 9.47 Å². The number of nitrogens with one attached hydrogen (secondary N) is 2. The minimum Gasteiger partial charge on any atom is -0.454 e. The van der Waals surface area contributed by atoms with Crippen molar-refractivity contribution in [1.82, 2.24) is 15.0 Å². The highest BCUT2D eigenvalue weighted by molar-refractivity contribution is 9.10. The molecule has 4 aromatic rings. The summed E-state index contributed by atoms with van der Waals surface area (Å²) in [7, 11) is 0. The molecule has 0 bridgehead atoms. The first kappa shape index (κ1) is 13.6. The van der Waals surface area contributed by atoms with Gasteiger partial charge in [-0.05, 0) is 30.3 Å². The highest BCUT2D eigenvalue weighted by Gasteiger charge is 2.17. The number of hydrogen-bond donors (Lipinski definition) is 2. The van der Waals surface area contributed by atoms with Crippen LogP contribution in [0.1, 0.15) is 0 Å². The van der Waals surface area contributed by atoms with E-state index >= 15 is 0 Å². The molecular formula is C17H10BrN3O3. The number of halogens is 1. The van der Waals surface area contributed by atoms with Crippen LogP contribution in [-0.4, -0.2) is 21.7 Å². The van der Waals surface area contributed by atoms with E-state index < -0.39 is 0 Å². The number of fused-ring (bicyclic) bond motifs is 3. The van der Waals surface area contributed by atoms with E-state index in [-0.39, 0.29) is 12.4 Å². The standard InChI is InChI=1S/C17H10BrN3O3/c18-9-1-2-11-13(5-9)20-16(19-11)10-3-8-4-14-15(24-7-23-14)6-12(8)21-17(10)22/h1-6H,7H2,(H,19,20)(H,21,22). The molecule has 0 fully saturated rings. The van der Waals surface area contributed by atoms with Gasteiger partial charge in [-0.2, -0.15) is 0 Å².